The highest BCUT2D eigenvalue weighted by molar-refractivity contribution is 6.04. The number of rotatable bonds is 3. The van der Waals surface area contributed by atoms with Crippen molar-refractivity contribution in [3.63, 3.8) is 0 Å². The molecule has 5 heteroatoms. The van der Waals surface area contributed by atoms with Crippen LogP contribution >= 0.6 is 0 Å². The molecule has 3 N–H and O–H groups in total. The van der Waals surface area contributed by atoms with E-state index in [-0.39, 0.29) is 36.5 Å². The third-order valence-corrected chi connectivity index (χ3v) is 2.19. The molecule has 1 aliphatic rings. The van der Waals surface area contributed by atoms with Gasteiger partial charge in [-0.2, -0.15) is 0 Å². The smallest absolute Gasteiger partial charge is 0.324 e. The van der Waals surface area contributed by atoms with E-state index in [9.17, 15) is 9.59 Å². The number of amides is 3. The quantitative estimate of drug-likeness (QED) is 0.624. The number of imide groups is 1. The van der Waals surface area contributed by atoms with Gasteiger partial charge in [0.15, 0.2) is 0 Å². The highest BCUT2D eigenvalue weighted by Crippen LogP contribution is 2.13. The largest absolute Gasteiger partial charge is 0.326 e. The summed E-state index contributed by atoms with van der Waals surface area (Å²) in [4.78, 5) is 24.2. The predicted octanol–water partition coefficient (Wildman–Crippen LogP) is -0.0900. The second kappa shape index (κ2) is 3.96. The van der Waals surface area contributed by atoms with Crippen molar-refractivity contribution in [1.29, 1.82) is 0 Å². The lowest BCUT2D eigenvalue weighted by Gasteiger charge is -2.16. The van der Waals surface area contributed by atoms with Crippen LogP contribution in [-0.4, -0.2) is 35.5 Å². The summed E-state index contributed by atoms with van der Waals surface area (Å²) >= 11 is 0. The zero-order chi connectivity index (χ0) is 10.9. The van der Waals surface area contributed by atoms with Gasteiger partial charge in [0.05, 0.1) is 0 Å². The van der Waals surface area contributed by atoms with Gasteiger partial charge < -0.3 is 11.1 Å². The van der Waals surface area contributed by atoms with Crippen LogP contribution in [0.2, 0.25) is 0 Å². The molecule has 1 saturated heterocycles. The van der Waals surface area contributed by atoms with E-state index < -0.39 is 0 Å². The molecule has 80 valence electrons. The summed E-state index contributed by atoms with van der Waals surface area (Å²) in [5.41, 5.74) is 5.54. The van der Waals surface area contributed by atoms with E-state index in [4.69, 9.17) is 5.73 Å². The third-order valence-electron chi connectivity index (χ3n) is 2.19. The second-order valence-electron chi connectivity index (χ2n) is 4.10. The third kappa shape index (κ3) is 2.04. The van der Waals surface area contributed by atoms with Crippen LogP contribution in [0.4, 0.5) is 4.79 Å². The summed E-state index contributed by atoms with van der Waals surface area (Å²) in [6.45, 7) is 5.85. The van der Waals surface area contributed by atoms with E-state index in [1.165, 1.54) is 4.90 Å². The Morgan fingerprint density at radius 2 is 2.00 bits per heavy atom. The summed E-state index contributed by atoms with van der Waals surface area (Å²) < 4.78 is 0. The van der Waals surface area contributed by atoms with Crippen LogP contribution < -0.4 is 11.1 Å². The molecule has 0 saturated carbocycles. The van der Waals surface area contributed by atoms with Crippen molar-refractivity contribution in [2.75, 3.05) is 6.54 Å². The van der Waals surface area contributed by atoms with Crippen LogP contribution in [0.1, 0.15) is 20.8 Å². The van der Waals surface area contributed by atoms with E-state index >= 15 is 0 Å². The van der Waals surface area contributed by atoms with Crippen LogP contribution in [0.3, 0.4) is 0 Å². The minimum absolute atomic E-state index is 0.115. The Morgan fingerprint density at radius 3 is 2.36 bits per heavy atom. The van der Waals surface area contributed by atoms with Gasteiger partial charge in [-0.3, -0.25) is 9.69 Å². The van der Waals surface area contributed by atoms with Gasteiger partial charge in [-0.05, 0) is 12.8 Å². The molecule has 0 aromatic heterocycles. The first-order chi connectivity index (χ1) is 6.43. The first kappa shape index (κ1) is 11.0. The average Bonchev–Trinajstić information content (AvgIpc) is 2.31. The van der Waals surface area contributed by atoms with Crippen LogP contribution in [0, 0.1) is 5.92 Å². The van der Waals surface area contributed by atoms with Crippen molar-refractivity contribution in [3.8, 4) is 0 Å². The maximum Gasteiger partial charge on any atom is 0.324 e. The van der Waals surface area contributed by atoms with Gasteiger partial charge in [-0.15, -0.1) is 0 Å². The lowest BCUT2D eigenvalue weighted by atomic mass is 10.1. The van der Waals surface area contributed by atoms with Gasteiger partial charge in [0.25, 0.3) is 5.91 Å². The number of nitrogens with one attached hydrogen (secondary N) is 1. The van der Waals surface area contributed by atoms with E-state index in [1.807, 2.05) is 13.8 Å². The number of urea groups is 1. The Kier molecular flexibility index (Phi) is 3.10. The molecular formula is C9H17N3O2. The van der Waals surface area contributed by atoms with Crippen molar-refractivity contribution in [2.45, 2.75) is 32.9 Å². The molecule has 0 radical (unpaired) electrons. The van der Waals surface area contributed by atoms with Gasteiger partial charge in [0.1, 0.15) is 6.04 Å². The average molecular weight is 199 g/mol. The van der Waals surface area contributed by atoms with Crippen molar-refractivity contribution in [3.05, 3.63) is 0 Å². The van der Waals surface area contributed by atoms with Crippen molar-refractivity contribution in [2.24, 2.45) is 11.7 Å². The van der Waals surface area contributed by atoms with Crippen molar-refractivity contribution in [1.82, 2.24) is 10.2 Å². The molecule has 3 amide bonds. The number of nitrogens with two attached hydrogens (primary N) is 1. The summed E-state index contributed by atoms with van der Waals surface area (Å²) in [6.07, 6.45) is 0. The Balaban J connectivity index is 2.70. The Bertz CT molecular complexity index is 250. The summed E-state index contributed by atoms with van der Waals surface area (Å²) in [5, 5.41) is 2.64. The van der Waals surface area contributed by atoms with E-state index in [1.54, 1.807) is 6.92 Å². The minimum Gasteiger partial charge on any atom is -0.326 e. The van der Waals surface area contributed by atoms with E-state index in [0.29, 0.717) is 0 Å². The number of hydrogen-bond acceptors (Lipinski definition) is 3. The van der Waals surface area contributed by atoms with Gasteiger partial charge in [-0.25, -0.2) is 4.79 Å². The van der Waals surface area contributed by atoms with Crippen LogP contribution in [0.15, 0.2) is 0 Å². The van der Waals surface area contributed by atoms with Gasteiger partial charge in [0, 0.05) is 12.6 Å². The van der Waals surface area contributed by atoms with Crippen molar-refractivity contribution >= 4 is 11.9 Å². The molecule has 0 aromatic rings. The fraction of sp³-hybridized carbons (Fsp3) is 0.778. The molecule has 1 rings (SSSR count). The molecule has 1 heterocycles. The molecule has 5 nitrogen and oxygen atoms in total. The Hall–Kier alpha value is -1.10. The summed E-state index contributed by atoms with van der Waals surface area (Å²) in [7, 11) is 0. The Labute approximate surface area is 83.6 Å². The molecule has 1 aliphatic heterocycles. The standard InChI is InChI=1S/C9H17N3O2/c1-5(2)7-8(13)12(4-6(3)10)9(14)11-7/h5-7H,4,10H2,1-3H3,(H,11,14). The summed E-state index contributed by atoms with van der Waals surface area (Å²) in [6, 6.07) is -0.900. The first-order valence-corrected chi connectivity index (χ1v) is 4.81. The fourth-order valence-electron chi connectivity index (χ4n) is 1.45. The molecule has 0 bridgehead atoms. The number of hydrogen-bond donors (Lipinski definition) is 2. The predicted molar refractivity (Wildman–Crippen MR) is 52.5 cm³/mol. The van der Waals surface area contributed by atoms with E-state index in [2.05, 4.69) is 5.32 Å². The van der Waals surface area contributed by atoms with Gasteiger partial charge in [-0.1, -0.05) is 13.8 Å². The first-order valence-electron chi connectivity index (χ1n) is 4.81. The van der Waals surface area contributed by atoms with Crippen LogP contribution in [0.5, 0.6) is 0 Å². The number of carbonyl (C=O) groups is 2. The second-order valence-corrected chi connectivity index (χ2v) is 4.10. The molecule has 14 heavy (non-hydrogen) atoms. The van der Waals surface area contributed by atoms with Gasteiger partial charge >= 0.3 is 6.03 Å². The van der Waals surface area contributed by atoms with Crippen molar-refractivity contribution < 1.29 is 9.59 Å². The van der Waals surface area contributed by atoms with Crippen LogP contribution in [0.25, 0.3) is 0 Å². The van der Waals surface area contributed by atoms with Crippen LogP contribution in [-0.2, 0) is 4.79 Å². The molecule has 0 aromatic carbocycles. The minimum atomic E-state index is -0.388. The van der Waals surface area contributed by atoms with E-state index in [0.717, 1.165) is 0 Å². The normalized spacial score (nSPS) is 24.4. The SMILES string of the molecule is CC(N)CN1C(=O)NC(C(C)C)C1=O. The highest BCUT2D eigenvalue weighted by Gasteiger charge is 2.39. The molecule has 0 aliphatic carbocycles. The topological polar surface area (TPSA) is 75.4 Å². The maximum absolute atomic E-state index is 11.7. The zero-order valence-electron chi connectivity index (χ0n) is 8.78. The molecule has 2 atom stereocenters. The highest BCUT2D eigenvalue weighted by atomic mass is 16.2. The zero-order valence-corrected chi connectivity index (χ0v) is 8.78. The fourth-order valence-corrected chi connectivity index (χ4v) is 1.45. The molecule has 1 fully saturated rings. The van der Waals surface area contributed by atoms with Gasteiger partial charge in [0.2, 0.25) is 0 Å². The maximum atomic E-state index is 11.7. The Morgan fingerprint density at radius 1 is 1.43 bits per heavy atom. The molecule has 2 unspecified atom stereocenters. The lowest BCUT2D eigenvalue weighted by Crippen LogP contribution is -2.40. The molecular weight excluding hydrogens is 182 g/mol. The number of carbonyl (C=O) groups excluding carboxylic acids is 2. The lowest BCUT2D eigenvalue weighted by molar-refractivity contribution is -0.128. The molecule has 0 spiro atoms. The monoisotopic (exact) mass is 199 g/mol. The number of nitrogens with zero attached hydrogens (tertiary/aromatic N) is 1. The summed E-state index contributed by atoms with van der Waals surface area (Å²) in [5.74, 6) is -0.0492.